The Bertz CT molecular complexity index is 728. The van der Waals surface area contributed by atoms with Crippen LogP contribution in [0.15, 0.2) is 41.5 Å². The predicted molar refractivity (Wildman–Crippen MR) is 109 cm³/mol. The highest BCUT2D eigenvalue weighted by molar-refractivity contribution is 14.0. The van der Waals surface area contributed by atoms with Crippen molar-refractivity contribution in [2.24, 2.45) is 4.99 Å². The quantitative estimate of drug-likeness (QED) is 0.279. The summed E-state index contributed by atoms with van der Waals surface area (Å²) in [6.07, 6.45) is 1.74. The van der Waals surface area contributed by atoms with E-state index in [9.17, 15) is 8.78 Å². The molecule has 142 valence electrons. The lowest BCUT2D eigenvalue weighted by molar-refractivity contribution is 0.304. The third-order valence-electron chi connectivity index (χ3n) is 3.40. The lowest BCUT2D eigenvalue weighted by Gasteiger charge is -2.12. The summed E-state index contributed by atoms with van der Waals surface area (Å²) in [6, 6.07) is 7.10. The van der Waals surface area contributed by atoms with Crippen molar-refractivity contribution < 1.29 is 13.5 Å². The van der Waals surface area contributed by atoms with Crippen LogP contribution in [-0.2, 0) is 6.54 Å². The number of pyridine rings is 1. The second-order valence-electron chi connectivity index (χ2n) is 5.31. The van der Waals surface area contributed by atoms with Gasteiger partial charge in [0.2, 0.25) is 0 Å². The summed E-state index contributed by atoms with van der Waals surface area (Å²) in [5, 5.41) is 6.22. The minimum Gasteiger partial charge on any atom is -0.489 e. The van der Waals surface area contributed by atoms with Crippen LogP contribution in [0.1, 0.15) is 18.2 Å². The monoisotopic (exact) mass is 476 g/mol. The number of halogens is 3. The molecule has 2 N–H and O–H groups in total. The lowest BCUT2D eigenvalue weighted by atomic mass is 10.2. The van der Waals surface area contributed by atoms with Gasteiger partial charge in [-0.2, -0.15) is 0 Å². The molecule has 5 nitrogen and oxygen atoms in total. The molecule has 0 aliphatic heterocycles. The van der Waals surface area contributed by atoms with Crippen LogP contribution in [0.3, 0.4) is 0 Å². The fourth-order valence-corrected chi connectivity index (χ4v) is 2.10. The molecule has 0 fully saturated rings. The standard InChI is InChI=1S/C18H22F2N4O.HI/c1-3-21-18(24-12-16-13(2)5-4-8-22-16)23-9-10-25-17-7-6-14(19)11-15(17)20;/h4-8,11H,3,9-10,12H2,1-2H3,(H2,21,23,24);1H. The van der Waals surface area contributed by atoms with Gasteiger partial charge in [0.25, 0.3) is 0 Å². The highest BCUT2D eigenvalue weighted by atomic mass is 127. The molecule has 1 aromatic carbocycles. The molecule has 1 aromatic heterocycles. The largest absolute Gasteiger partial charge is 0.489 e. The first-order valence-electron chi connectivity index (χ1n) is 8.10. The van der Waals surface area contributed by atoms with Crippen LogP contribution in [0, 0.1) is 18.6 Å². The molecule has 0 amide bonds. The van der Waals surface area contributed by atoms with Crippen molar-refractivity contribution >= 4 is 29.9 Å². The van der Waals surface area contributed by atoms with E-state index in [1.807, 2.05) is 26.0 Å². The van der Waals surface area contributed by atoms with Gasteiger partial charge >= 0.3 is 0 Å². The second kappa shape index (κ2) is 11.6. The number of aromatic nitrogens is 1. The van der Waals surface area contributed by atoms with E-state index in [1.165, 1.54) is 6.07 Å². The van der Waals surface area contributed by atoms with Crippen molar-refractivity contribution in [3.8, 4) is 5.75 Å². The summed E-state index contributed by atoms with van der Waals surface area (Å²) in [5.74, 6) is -0.703. The first-order chi connectivity index (χ1) is 12.1. The van der Waals surface area contributed by atoms with Crippen molar-refractivity contribution in [2.45, 2.75) is 20.4 Å². The van der Waals surface area contributed by atoms with Gasteiger partial charge in [-0.05, 0) is 37.6 Å². The van der Waals surface area contributed by atoms with Gasteiger partial charge in [0.05, 0.1) is 18.8 Å². The van der Waals surface area contributed by atoms with E-state index in [2.05, 4.69) is 20.6 Å². The summed E-state index contributed by atoms with van der Waals surface area (Å²) >= 11 is 0. The number of nitrogens with one attached hydrogen (secondary N) is 2. The van der Waals surface area contributed by atoms with Gasteiger partial charge in [0.15, 0.2) is 17.5 Å². The Balaban J connectivity index is 0.00000338. The third kappa shape index (κ3) is 7.11. The Morgan fingerprint density at radius 2 is 2.04 bits per heavy atom. The number of rotatable bonds is 7. The molecule has 2 aromatic rings. The zero-order chi connectivity index (χ0) is 18.1. The first kappa shape index (κ1) is 22.1. The number of ether oxygens (including phenoxy) is 1. The molecule has 2 rings (SSSR count). The van der Waals surface area contributed by atoms with Gasteiger partial charge < -0.3 is 15.4 Å². The Morgan fingerprint density at radius 1 is 1.23 bits per heavy atom. The average Bonchev–Trinajstić information content (AvgIpc) is 2.59. The van der Waals surface area contributed by atoms with Crippen LogP contribution in [0.2, 0.25) is 0 Å². The molecule has 0 spiro atoms. The topological polar surface area (TPSA) is 58.5 Å². The van der Waals surface area contributed by atoms with E-state index in [0.29, 0.717) is 25.6 Å². The summed E-state index contributed by atoms with van der Waals surface area (Å²) in [4.78, 5) is 8.77. The molecule has 0 aliphatic rings. The third-order valence-corrected chi connectivity index (χ3v) is 3.40. The fourth-order valence-electron chi connectivity index (χ4n) is 2.10. The number of aliphatic imine (C=N–C) groups is 1. The minimum absolute atomic E-state index is 0. The summed E-state index contributed by atoms with van der Waals surface area (Å²) < 4.78 is 31.6. The number of benzene rings is 1. The van der Waals surface area contributed by atoms with E-state index >= 15 is 0 Å². The zero-order valence-corrected chi connectivity index (χ0v) is 17.1. The molecule has 0 radical (unpaired) electrons. The molecule has 0 atom stereocenters. The van der Waals surface area contributed by atoms with Crippen LogP contribution < -0.4 is 15.4 Å². The molecule has 1 heterocycles. The number of guanidine groups is 1. The molecule has 0 bridgehead atoms. The van der Waals surface area contributed by atoms with Crippen LogP contribution in [0.4, 0.5) is 8.78 Å². The Kier molecular flexibility index (Phi) is 9.85. The van der Waals surface area contributed by atoms with Crippen molar-refractivity contribution in [2.75, 3.05) is 19.7 Å². The van der Waals surface area contributed by atoms with Gasteiger partial charge in [0.1, 0.15) is 12.4 Å². The smallest absolute Gasteiger partial charge is 0.191 e. The van der Waals surface area contributed by atoms with Gasteiger partial charge in [-0.25, -0.2) is 13.8 Å². The molecule has 0 saturated carbocycles. The minimum atomic E-state index is -0.716. The van der Waals surface area contributed by atoms with Crippen LogP contribution >= 0.6 is 24.0 Å². The predicted octanol–water partition coefficient (Wildman–Crippen LogP) is 3.42. The summed E-state index contributed by atoms with van der Waals surface area (Å²) in [5.41, 5.74) is 1.99. The van der Waals surface area contributed by atoms with Crippen molar-refractivity contribution in [1.29, 1.82) is 0 Å². The fraction of sp³-hybridized carbons (Fsp3) is 0.333. The second-order valence-corrected chi connectivity index (χ2v) is 5.31. The van der Waals surface area contributed by atoms with Gasteiger partial charge in [-0.1, -0.05) is 6.07 Å². The van der Waals surface area contributed by atoms with E-state index in [4.69, 9.17) is 4.74 Å². The maximum absolute atomic E-state index is 13.5. The van der Waals surface area contributed by atoms with Crippen molar-refractivity contribution in [3.05, 3.63) is 59.4 Å². The van der Waals surface area contributed by atoms with Gasteiger partial charge in [-0.15, -0.1) is 24.0 Å². The Morgan fingerprint density at radius 3 is 2.73 bits per heavy atom. The maximum Gasteiger partial charge on any atom is 0.191 e. The average molecular weight is 476 g/mol. The number of hydrogen-bond donors (Lipinski definition) is 2. The number of aryl methyl sites for hydroxylation is 1. The van der Waals surface area contributed by atoms with Crippen LogP contribution in [0.5, 0.6) is 5.75 Å². The van der Waals surface area contributed by atoms with Crippen molar-refractivity contribution in [1.82, 2.24) is 15.6 Å². The van der Waals surface area contributed by atoms with E-state index in [0.717, 1.165) is 23.4 Å². The highest BCUT2D eigenvalue weighted by Crippen LogP contribution is 2.17. The lowest BCUT2D eigenvalue weighted by Crippen LogP contribution is -2.39. The SMILES string of the molecule is CCNC(=NCc1ncccc1C)NCCOc1ccc(F)cc1F.I. The van der Waals surface area contributed by atoms with Crippen LogP contribution in [0.25, 0.3) is 0 Å². The zero-order valence-electron chi connectivity index (χ0n) is 14.8. The number of hydrogen-bond acceptors (Lipinski definition) is 3. The normalized spacial score (nSPS) is 10.8. The van der Waals surface area contributed by atoms with Crippen LogP contribution in [-0.4, -0.2) is 30.6 Å². The molecule has 0 unspecified atom stereocenters. The molecular formula is C18H23F2IN4O. The summed E-state index contributed by atoms with van der Waals surface area (Å²) in [6.45, 7) is 5.76. The molecule has 0 saturated heterocycles. The van der Waals surface area contributed by atoms with E-state index in [1.54, 1.807) is 6.20 Å². The molecular weight excluding hydrogens is 453 g/mol. The highest BCUT2D eigenvalue weighted by Gasteiger charge is 2.05. The Hall–Kier alpha value is -1.97. The number of nitrogens with zero attached hydrogens (tertiary/aromatic N) is 2. The molecule has 26 heavy (non-hydrogen) atoms. The first-order valence-corrected chi connectivity index (χ1v) is 8.10. The van der Waals surface area contributed by atoms with Crippen molar-refractivity contribution in [3.63, 3.8) is 0 Å². The van der Waals surface area contributed by atoms with Gasteiger partial charge in [-0.3, -0.25) is 4.98 Å². The van der Waals surface area contributed by atoms with E-state index in [-0.39, 0.29) is 36.3 Å². The van der Waals surface area contributed by atoms with E-state index < -0.39 is 11.6 Å². The Labute approximate surface area is 169 Å². The maximum atomic E-state index is 13.5. The molecule has 8 heteroatoms. The molecule has 0 aliphatic carbocycles. The van der Waals surface area contributed by atoms with Gasteiger partial charge in [0, 0.05) is 18.8 Å². The summed E-state index contributed by atoms with van der Waals surface area (Å²) in [7, 11) is 0.